The van der Waals surface area contributed by atoms with Crippen molar-refractivity contribution < 1.29 is 4.79 Å². The van der Waals surface area contributed by atoms with Gasteiger partial charge in [-0.15, -0.1) is 0 Å². The summed E-state index contributed by atoms with van der Waals surface area (Å²) < 4.78 is 0. The van der Waals surface area contributed by atoms with Crippen LogP contribution in [0.2, 0.25) is 0 Å². The largest absolute Gasteiger partial charge is 0.354 e. The Morgan fingerprint density at radius 1 is 1.35 bits per heavy atom. The molecule has 1 rings (SSSR count). The summed E-state index contributed by atoms with van der Waals surface area (Å²) >= 11 is 0. The van der Waals surface area contributed by atoms with Crippen LogP contribution < -0.4 is 11.1 Å². The lowest BCUT2D eigenvalue weighted by Gasteiger charge is -2.15. The third-order valence-electron chi connectivity index (χ3n) is 2.89. The number of nitrogens with one attached hydrogen (secondary N) is 1. The summed E-state index contributed by atoms with van der Waals surface area (Å²) in [5.41, 5.74) is 6.97. The minimum atomic E-state index is -0.372. The van der Waals surface area contributed by atoms with Gasteiger partial charge in [-0.2, -0.15) is 0 Å². The van der Waals surface area contributed by atoms with Crippen molar-refractivity contribution in [3.05, 3.63) is 35.9 Å². The van der Waals surface area contributed by atoms with Crippen LogP contribution >= 0.6 is 0 Å². The first-order chi connectivity index (χ1) is 8.15. The van der Waals surface area contributed by atoms with Crippen molar-refractivity contribution in [1.82, 2.24) is 5.32 Å². The lowest BCUT2D eigenvalue weighted by Crippen LogP contribution is -2.41. The molecule has 3 heteroatoms. The van der Waals surface area contributed by atoms with Gasteiger partial charge < -0.3 is 11.1 Å². The van der Waals surface area contributed by atoms with Crippen molar-refractivity contribution in [3.8, 4) is 0 Å². The van der Waals surface area contributed by atoms with Crippen molar-refractivity contribution in [3.63, 3.8) is 0 Å². The van der Waals surface area contributed by atoms with Gasteiger partial charge in [-0.25, -0.2) is 0 Å². The van der Waals surface area contributed by atoms with Crippen LogP contribution in [0, 0.1) is 0 Å². The fourth-order valence-electron chi connectivity index (χ4n) is 1.73. The molecular weight excluding hydrogens is 212 g/mol. The molecule has 3 N–H and O–H groups in total. The molecule has 0 radical (unpaired) electrons. The summed E-state index contributed by atoms with van der Waals surface area (Å²) in [6.45, 7) is 4.76. The van der Waals surface area contributed by atoms with E-state index in [0.717, 1.165) is 12.8 Å². The van der Waals surface area contributed by atoms with Crippen LogP contribution in [0.15, 0.2) is 30.3 Å². The Hall–Kier alpha value is -1.35. The van der Waals surface area contributed by atoms with Crippen molar-refractivity contribution in [2.75, 3.05) is 6.54 Å². The standard InChI is InChI=1S/C14H22N2O/c1-3-7-13(15)14(17)16-10-11(2)12-8-5-4-6-9-12/h4-6,8-9,11,13H,3,7,10,15H2,1-2H3,(H,16,17). The minimum absolute atomic E-state index is 0.0466. The van der Waals surface area contributed by atoms with E-state index in [-0.39, 0.29) is 11.9 Å². The summed E-state index contributed by atoms with van der Waals surface area (Å²) in [5.74, 6) is 0.267. The zero-order chi connectivity index (χ0) is 12.7. The monoisotopic (exact) mass is 234 g/mol. The number of benzene rings is 1. The number of hydrogen-bond acceptors (Lipinski definition) is 2. The highest BCUT2D eigenvalue weighted by Crippen LogP contribution is 2.12. The Morgan fingerprint density at radius 3 is 2.59 bits per heavy atom. The van der Waals surface area contributed by atoms with Crippen LogP contribution in [0.5, 0.6) is 0 Å². The lowest BCUT2D eigenvalue weighted by molar-refractivity contribution is -0.122. The normalized spacial score (nSPS) is 14.1. The zero-order valence-corrected chi connectivity index (χ0v) is 10.6. The van der Waals surface area contributed by atoms with Crippen LogP contribution in [-0.4, -0.2) is 18.5 Å². The Balaban J connectivity index is 2.38. The van der Waals surface area contributed by atoms with E-state index in [0.29, 0.717) is 12.5 Å². The molecule has 0 aliphatic heterocycles. The summed E-state index contributed by atoms with van der Waals surface area (Å²) in [6, 6.07) is 9.78. The fraction of sp³-hybridized carbons (Fsp3) is 0.500. The van der Waals surface area contributed by atoms with Gasteiger partial charge in [0, 0.05) is 6.54 Å². The van der Waals surface area contributed by atoms with Crippen LogP contribution in [0.3, 0.4) is 0 Å². The van der Waals surface area contributed by atoms with Gasteiger partial charge in [0.15, 0.2) is 0 Å². The second kappa shape index (κ2) is 7.07. The second-order valence-electron chi connectivity index (χ2n) is 4.45. The molecule has 94 valence electrons. The molecule has 1 aromatic rings. The predicted octanol–water partition coefficient (Wildman–Crippen LogP) is 2.03. The van der Waals surface area contributed by atoms with Gasteiger partial charge in [-0.3, -0.25) is 4.79 Å². The molecule has 2 atom stereocenters. The van der Waals surface area contributed by atoms with Crippen LogP contribution in [-0.2, 0) is 4.79 Å². The molecule has 0 saturated heterocycles. The number of carbonyl (C=O) groups is 1. The van der Waals surface area contributed by atoms with Crippen molar-refractivity contribution in [2.24, 2.45) is 5.73 Å². The summed E-state index contributed by atoms with van der Waals surface area (Å²) in [6.07, 6.45) is 1.67. The number of rotatable bonds is 6. The first-order valence-electron chi connectivity index (χ1n) is 6.23. The molecule has 0 spiro atoms. The third kappa shape index (κ3) is 4.57. The predicted molar refractivity (Wildman–Crippen MR) is 70.8 cm³/mol. The van der Waals surface area contributed by atoms with E-state index < -0.39 is 0 Å². The number of carbonyl (C=O) groups excluding carboxylic acids is 1. The maximum Gasteiger partial charge on any atom is 0.236 e. The second-order valence-corrected chi connectivity index (χ2v) is 4.45. The maximum atomic E-state index is 11.6. The molecular formula is C14H22N2O. The first-order valence-corrected chi connectivity index (χ1v) is 6.23. The Kier molecular flexibility index (Phi) is 5.70. The molecule has 3 nitrogen and oxygen atoms in total. The van der Waals surface area contributed by atoms with Gasteiger partial charge in [0.05, 0.1) is 6.04 Å². The van der Waals surface area contributed by atoms with Crippen molar-refractivity contribution in [2.45, 2.75) is 38.6 Å². The Bertz CT molecular complexity index is 337. The molecule has 0 bridgehead atoms. The van der Waals surface area contributed by atoms with E-state index in [1.807, 2.05) is 25.1 Å². The van der Waals surface area contributed by atoms with Gasteiger partial charge in [-0.05, 0) is 17.9 Å². The average Bonchev–Trinajstić information content (AvgIpc) is 2.36. The van der Waals surface area contributed by atoms with E-state index >= 15 is 0 Å². The summed E-state index contributed by atoms with van der Waals surface area (Å²) in [7, 11) is 0. The van der Waals surface area contributed by atoms with Gasteiger partial charge in [0.1, 0.15) is 0 Å². The molecule has 0 heterocycles. The Morgan fingerprint density at radius 2 is 2.00 bits per heavy atom. The number of nitrogens with two attached hydrogens (primary N) is 1. The van der Waals surface area contributed by atoms with Crippen LogP contribution in [0.1, 0.15) is 38.2 Å². The smallest absolute Gasteiger partial charge is 0.236 e. The van der Waals surface area contributed by atoms with E-state index in [2.05, 4.69) is 24.4 Å². The van der Waals surface area contributed by atoms with Crippen LogP contribution in [0.25, 0.3) is 0 Å². The molecule has 1 amide bonds. The summed E-state index contributed by atoms with van der Waals surface area (Å²) in [4.78, 5) is 11.6. The van der Waals surface area contributed by atoms with Crippen molar-refractivity contribution in [1.29, 1.82) is 0 Å². The number of hydrogen-bond donors (Lipinski definition) is 2. The summed E-state index contributed by atoms with van der Waals surface area (Å²) in [5, 5.41) is 2.90. The van der Waals surface area contributed by atoms with E-state index in [4.69, 9.17) is 5.73 Å². The van der Waals surface area contributed by atoms with Gasteiger partial charge in [0.25, 0.3) is 0 Å². The van der Waals surface area contributed by atoms with Crippen molar-refractivity contribution >= 4 is 5.91 Å². The van der Waals surface area contributed by atoms with Gasteiger partial charge in [0.2, 0.25) is 5.91 Å². The maximum absolute atomic E-state index is 11.6. The molecule has 0 aromatic heterocycles. The SMILES string of the molecule is CCCC(N)C(=O)NCC(C)c1ccccc1. The first kappa shape index (κ1) is 13.7. The highest BCUT2D eigenvalue weighted by Gasteiger charge is 2.13. The fourth-order valence-corrected chi connectivity index (χ4v) is 1.73. The minimum Gasteiger partial charge on any atom is -0.354 e. The quantitative estimate of drug-likeness (QED) is 0.791. The molecule has 0 aliphatic rings. The topological polar surface area (TPSA) is 55.1 Å². The highest BCUT2D eigenvalue weighted by atomic mass is 16.2. The third-order valence-corrected chi connectivity index (χ3v) is 2.89. The molecule has 0 aliphatic carbocycles. The molecule has 0 saturated carbocycles. The highest BCUT2D eigenvalue weighted by molar-refractivity contribution is 5.81. The number of amides is 1. The molecule has 1 aromatic carbocycles. The Labute approximate surface area is 103 Å². The molecule has 0 fully saturated rings. The van der Waals surface area contributed by atoms with E-state index in [1.165, 1.54) is 5.56 Å². The lowest BCUT2D eigenvalue weighted by atomic mass is 10.0. The van der Waals surface area contributed by atoms with Gasteiger partial charge >= 0.3 is 0 Å². The van der Waals surface area contributed by atoms with E-state index in [9.17, 15) is 4.79 Å². The zero-order valence-electron chi connectivity index (χ0n) is 10.6. The molecule has 17 heavy (non-hydrogen) atoms. The van der Waals surface area contributed by atoms with E-state index in [1.54, 1.807) is 0 Å². The average molecular weight is 234 g/mol. The molecule has 2 unspecified atom stereocenters. The van der Waals surface area contributed by atoms with Gasteiger partial charge in [-0.1, -0.05) is 50.6 Å². The van der Waals surface area contributed by atoms with Crippen LogP contribution in [0.4, 0.5) is 0 Å².